The SMILES string of the molecule is [N-]=[N+]=NCCOCCOCCOCCOCCOCCOCCN=[N+]=[N-]. The fourth-order valence-electron chi connectivity index (χ4n) is 1.50. The van der Waals surface area contributed by atoms with Gasteiger partial charge in [0.25, 0.3) is 0 Å². The third-order valence-corrected chi connectivity index (χ3v) is 2.66. The van der Waals surface area contributed by atoms with Crippen LogP contribution in [0, 0.1) is 0 Å². The van der Waals surface area contributed by atoms with Crippen molar-refractivity contribution in [3.63, 3.8) is 0 Å². The van der Waals surface area contributed by atoms with Crippen molar-refractivity contribution >= 4 is 0 Å². The molecule has 12 nitrogen and oxygen atoms in total. The lowest BCUT2D eigenvalue weighted by molar-refractivity contribution is -0.0160. The number of azide groups is 2. The van der Waals surface area contributed by atoms with Crippen LogP contribution in [0.2, 0.25) is 0 Å². The van der Waals surface area contributed by atoms with Crippen LogP contribution in [0.1, 0.15) is 0 Å². The summed E-state index contributed by atoms with van der Waals surface area (Å²) in [6, 6.07) is 0. The van der Waals surface area contributed by atoms with E-state index < -0.39 is 0 Å². The van der Waals surface area contributed by atoms with Crippen molar-refractivity contribution in [2.75, 3.05) is 92.4 Å². The van der Waals surface area contributed by atoms with Crippen LogP contribution in [0.5, 0.6) is 0 Å². The van der Waals surface area contributed by atoms with Gasteiger partial charge in [-0.15, -0.1) is 0 Å². The van der Waals surface area contributed by atoms with Gasteiger partial charge in [-0.05, 0) is 11.1 Å². The van der Waals surface area contributed by atoms with E-state index in [9.17, 15) is 0 Å². The van der Waals surface area contributed by atoms with E-state index in [2.05, 4.69) is 20.1 Å². The van der Waals surface area contributed by atoms with E-state index in [0.717, 1.165) is 0 Å². The van der Waals surface area contributed by atoms with Crippen LogP contribution in [0.15, 0.2) is 10.2 Å². The Bertz CT molecular complexity index is 354. The van der Waals surface area contributed by atoms with Crippen LogP contribution in [0.3, 0.4) is 0 Å². The van der Waals surface area contributed by atoms with Crippen molar-refractivity contribution in [3.05, 3.63) is 20.9 Å². The van der Waals surface area contributed by atoms with Crippen molar-refractivity contribution in [1.82, 2.24) is 0 Å². The minimum atomic E-state index is 0.331. The predicted octanol–water partition coefficient (Wildman–Crippen LogP) is 1.71. The van der Waals surface area contributed by atoms with Gasteiger partial charge >= 0.3 is 0 Å². The molecule has 0 atom stereocenters. The summed E-state index contributed by atoms with van der Waals surface area (Å²) in [6.07, 6.45) is 0. The maximum absolute atomic E-state index is 8.07. The first kappa shape index (κ1) is 24.4. The maximum Gasteiger partial charge on any atom is 0.0701 e. The van der Waals surface area contributed by atoms with Gasteiger partial charge in [-0.3, -0.25) is 0 Å². The summed E-state index contributed by atoms with van der Waals surface area (Å²) in [5.74, 6) is 0. The molecule has 150 valence electrons. The van der Waals surface area contributed by atoms with Crippen LogP contribution in [-0.2, 0) is 28.4 Å². The largest absolute Gasteiger partial charge is 0.379 e. The first-order chi connectivity index (χ1) is 12.9. The van der Waals surface area contributed by atoms with Gasteiger partial charge in [0, 0.05) is 22.9 Å². The number of hydrogen-bond donors (Lipinski definition) is 0. The minimum Gasteiger partial charge on any atom is -0.379 e. The third-order valence-electron chi connectivity index (χ3n) is 2.66. The van der Waals surface area contributed by atoms with Crippen molar-refractivity contribution in [2.24, 2.45) is 10.2 Å². The summed E-state index contributed by atoms with van der Waals surface area (Å²) in [4.78, 5) is 5.24. The molecule has 0 saturated heterocycles. The summed E-state index contributed by atoms with van der Waals surface area (Å²) in [6.45, 7) is 6.28. The van der Waals surface area contributed by atoms with E-state index in [1.807, 2.05) is 0 Å². The molecule has 0 aromatic carbocycles. The van der Waals surface area contributed by atoms with E-state index in [4.69, 9.17) is 39.5 Å². The lowest BCUT2D eigenvalue weighted by atomic mass is 10.6. The highest BCUT2D eigenvalue weighted by Crippen LogP contribution is 1.85. The van der Waals surface area contributed by atoms with Gasteiger partial charge in [0.05, 0.1) is 79.3 Å². The number of ether oxygens (including phenoxy) is 6. The lowest BCUT2D eigenvalue weighted by Crippen LogP contribution is -2.14. The van der Waals surface area contributed by atoms with Gasteiger partial charge in [0.15, 0.2) is 0 Å². The molecule has 0 aliphatic heterocycles. The number of rotatable bonds is 21. The van der Waals surface area contributed by atoms with Crippen molar-refractivity contribution in [3.8, 4) is 0 Å². The minimum absolute atomic E-state index is 0.331. The topological polar surface area (TPSA) is 153 Å². The molecule has 0 heterocycles. The molecule has 0 aromatic rings. The summed E-state index contributed by atoms with van der Waals surface area (Å²) in [5.41, 5.74) is 16.1. The molecule has 0 unspecified atom stereocenters. The van der Waals surface area contributed by atoms with Crippen molar-refractivity contribution < 1.29 is 28.4 Å². The number of nitrogens with zero attached hydrogens (tertiary/aromatic N) is 6. The highest BCUT2D eigenvalue weighted by atomic mass is 16.6. The molecule has 12 heteroatoms. The molecular weight excluding hydrogens is 348 g/mol. The zero-order chi connectivity index (χ0) is 19.0. The first-order valence-electron chi connectivity index (χ1n) is 8.40. The molecule has 0 aliphatic rings. The average Bonchev–Trinajstić information content (AvgIpc) is 2.66. The first-order valence-corrected chi connectivity index (χ1v) is 8.40. The smallest absolute Gasteiger partial charge is 0.0701 e. The Balaban J connectivity index is 3.00. The summed E-state index contributed by atoms with van der Waals surface area (Å²) in [5, 5.41) is 6.70. The van der Waals surface area contributed by atoms with E-state index >= 15 is 0 Å². The standard InChI is InChI=1S/C14H28N6O6/c15-19-17-1-3-21-5-7-23-9-11-25-13-14-26-12-10-24-8-6-22-4-2-18-20-16/h1-14H2. The van der Waals surface area contributed by atoms with Crippen molar-refractivity contribution in [1.29, 1.82) is 0 Å². The Morgan fingerprint density at radius 1 is 0.423 bits per heavy atom. The molecule has 0 fully saturated rings. The Morgan fingerprint density at radius 2 is 0.654 bits per heavy atom. The van der Waals surface area contributed by atoms with Gasteiger partial charge in [-0.25, -0.2) is 0 Å². The van der Waals surface area contributed by atoms with E-state index in [0.29, 0.717) is 92.4 Å². The zero-order valence-corrected chi connectivity index (χ0v) is 15.0. The highest BCUT2D eigenvalue weighted by molar-refractivity contribution is 4.45. The Morgan fingerprint density at radius 3 is 0.885 bits per heavy atom. The van der Waals surface area contributed by atoms with Crippen LogP contribution in [0.25, 0.3) is 20.9 Å². The molecule has 0 N–H and O–H groups in total. The predicted molar refractivity (Wildman–Crippen MR) is 92.9 cm³/mol. The quantitative estimate of drug-likeness (QED) is 0.129. The monoisotopic (exact) mass is 376 g/mol. The Hall–Kier alpha value is -1.62. The molecule has 26 heavy (non-hydrogen) atoms. The van der Waals surface area contributed by atoms with E-state index in [1.165, 1.54) is 0 Å². The summed E-state index contributed by atoms with van der Waals surface area (Å²) in [7, 11) is 0. The third kappa shape index (κ3) is 22.4. The highest BCUT2D eigenvalue weighted by Gasteiger charge is 1.94. The van der Waals surface area contributed by atoms with Gasteiger partial charge in [-0.2, -0.15) is 0 Å². The molecule has 0 aromatic heterocycles. The van der Waals surface area contributed by atoms with Crippen molar-refractivity contribution in [2.45, 2.75) is 0 Å². The van der Waals surface area contributed by atoms with E-state index in [-0.39, 0.29) is 0 Å². The van der Waals surface area contributed by atoms with Crippen LogP contribution in [-0.4, -0.2) is 92.4 Å². The number of hydrogen-bond acceptors (Lipinski definition) is 8. The van der Waals surface area contributed by atoms with Crippen LogP contribution in [0.4, 0.5) is 0 Å². The second-order valence-corrected chi connectivity index (χ2v) is 4.58. The molecule has 0 rings (SSSR count). The second kappa shape index (κ2) is 23.4. The fourth-order valence-corrected chi connectivity index (χ4v) is 1.50. The second-order valence-electron chi connectivity index (χ2n) is 4.58. The maximum atomic E-state index is 8.07. The van der Waals surface area contributed by atoms with Crippen LogP contribution < -0.4 is 0 Å². The van der Waals surface area contributed by atoms with Gasteiger partial charge in [-0.1, -0.05) is 10.2 Å². The zero-order valence-electron chi connectivity index (χ0n) is 15.0. The summed E-state index contributed by atoms with van der Waals surface area (Å²) < 4.78 is 31.7. The van der Waals surface area contributed by atoms with Gasteiger partial charge < -0.3 is 28.4 Å². The molecule has 0 bridgehead atoms. The Kier molecular flexibility index (Phi) is 21.9. The van der Waals surface area contributed by atoms with Gasteiger partial charge in [0.2, 0.25) is 0 Å². The lowest BCUT2D eigenvalue weighted by Gasteiger charge is -2.08. The fraction of sp³-hybridized carbons (Fsp3) is 1.00. The Labute approximate surface area is 152 Å². The molecule has 0 radical (unpaired) electrons. The molecule has 0 spiro atoms. The molecular formula is C14H28N6O6. The normalized spacial score (nSPS) is 10.3. The molecule has 0 aliphatic carbocycles. The molecule has 0 amide bonds. The van der Waals surface area contributed by atoms with Gasteiger partial charge in [0.1, 0.15) is 0 Å². The summed E-state index contributed by atoms with van der Waals surface area (Å²) >= 11 is 0. The molecule has 0 saturated carbocycles. The van der Waals surface area contributed by atoms with Crippen LogP contribution >= 0.6 is 0 Å². The average molecular weight is 376 g/mol. The van der Waals surface area contributed by atoms with E-state index in [1.54, 1.807) is 0 Å².